The van der Waals surface area contributed by atoms with Crippen LogP contribution in [0.2, 0.25) is 0 Å². The zero-order chi connectivity index (χ0) is 6.97. The van der Waals surface area contributed by atoms with E-state index in [1.165, 1.54) is 0 Å². The Hall–Kier alpha value is -1.38. The van der Waals surface area contributed by atoms with Crippen LogP contribution in [0, 0.1) is 0 Å². The van der Waals surface area contributed by atoms with Gasteiger partial charge in [-0.2, -0.15) is 10.2 Å². The Kier molecular flexibility index (Phi) is 0.621. The van der Waals surface area contributed by atoms with Crippen LogP contribution < -0.4 is 0 Å². The molecule has 0 aromatic carbocycles. The molecule has 9 heavy (non-hydrogen) atoms. The molecule has 3 nitrogen and oxygen atoms in total. The average molecular weight is 120 g/mol. The third kappa shape index (κ3) is 0.579. The molecule has 2 aromatic rings. The second kappa shape index (κ2) is 1.55. The molecule has 1 N–H and O–H groups in total. The minimum absolute atomic E-state index is 0.197. The Morgan fingerprint density at radius 3 is 3.44 bits per heavy atom. The van der Waals surface area contributed by atoms with E-state index in [0.29, 0.717) is 0 Å². The lowest BCUT2D eigenvalue weighted by Gasteiger charge is -1.81. The second-order valence-electron chi connectivity index (χ2n) is 1.76. The summed E-state index contributed by atoms with van der Waals surface area (Å²) in [4.78, 5) is 2.90. The summed E-state index contributed by atoms with van der Waals surface area (Å²) in [7, 11) is 0. The van der Waals surface area contributed by atoms with Gasteiger partial charge in [0.2, 0.25) is 0 Å². The van der Waals surface area contributed by atoms with Crippen LogP contribution >= 0.6 is 0 Å². The zero-order valence-corrected chi connectivity index (χ0v) is 4.63. The van der Waals surface area contributed by atoms with Gasteiger partial charge in [-0.15, -0.1) is 0 Å². The van der Waals surface area contributed by atoms with Gasteiger partial charge in [-0.3, -0.25) is 0 Å². The van der Waals surface area contributed by atoms with Crippen molar-refractivity contribution < 1.29 is 1.37 Å². The quantitative estimate of drug-likeness (QED) is 0.562. The highest BCUT2D eigenvalue weighted by molar-refractivity contribution is 5.76. The van der Waals surface area contributed by atoms with Crippen molar-refractivity contribution in [3.05, 3.63) is 24.6 Å². The van der Waals surface area contributed by atoms with Gasteiger partial charge >= 0.3 is 0 Å². The molecule has 0 radical (unpaired) electrons. The summed E-state index contributed by atoms with van der Waals surface area (Å²) in [6.45, 7) is 0. The van der Waals surface area contributed by atoms with Crippen molar-refractivity contribution in [1.29, 1.82) is 0 Å². The van der Waals surface area contributed by atoms with Crippen molar-refractivity contribution >= 4 is 10.9 Å². The molecule has 0 amide bonds. The number of fused-ring (bicyclic) bond motifs is 1. The predicted octanol–water partition coefficient (Wildman–Crippen LogP) is 0.958. The fourth-order valence-electron chi connectivity index (χ4n) is 0.756. The molecule has 0 saturated carbocycles. The molecule has 3 heteroatoms. The monoisotopic (exact) mass is 120 g/mol. The minimum atomic E-state index is 0.197. The standard InChI is InChI=1S/C6H5N3/c1-2-7-6-4-9-8-3-5(1)6/h1-4,7H/i4D. The van der Waals surface area contributed by atoms with E-state index in [1.54, 1.807) is 12.4 Å². The van der Waals surface area contributed by atoms with Gasteiger partial charge in [-0.25, -0.2) is 0 Å². The minimum Gasteiger partial charge on any atom is -0.360 e. The molecular weight excluding hydrogens is 114 g/mol. The molecule has 0 fully saturated rings. The lowest BCUT2D eigenvalue weighted by Crippen LogP contribution is -1.75. The zero-order valence-electron chi connectivity index (χ0n) is 5.63. The molecule has 0 aliphatic heterocycles. The first-order valence-corrected chi connectivity index (χ1v) is 2.63. The van der Waals surface area contributed by atoms with Crippen LogP contribution in [0.1, 0.15) is 1.37 Å². The Morgan fingerprint density at radius 2 is 2.56 bits per heavy atom. The topological polar surface area (TPSA) is 41.6 Å². The normalized spacial score (nSPS) is 11.8. The summed E-state index contributed by atoms with van der Waals surface area (Å²) < 4.78 is 7.28. The Morgan fingerprint density at radius 1 is 1.56 bits per heavy atom. The predicted molar refractivity (Wildman–Crippen MR) is 33.9 cm³/mol. The molecule has 2 aromatic heterocycles. The third-order valence-corrected chi connectivity index (χ3v) is 1.20. The van der Waals surface area contributed by atoms with Crippen LogP contribution in [0.4, 0.5) is 0 Å². The van der Waals surface area contributed by atoms with Gasteiger partial charge in [0.1, 0.15) is 0 Å². The Bertz CT molecular complexity index is 355. The molecule has 0 unspecified atom stereocenters. The van der Waals surface area contributed by atoms with Gasteiger partial charge < -0.3 is 4.98 Å². The maximum absolute atomic E-state index is 7.28. The summed E-state index contributed by atoms with van der Waals surface area (Å²) in [6.07, 6.45) is 3.60. The molecule has 2 rings (SSSR count). The number of aromatic nitrogens is 3. The largest absolute Gasteiger partial charge is 0.360 e. The van der Waals surface area contributed by atoms with E-state index in [2.05, 4.69) is 15.2 Å². The SMILES string of the molecule is [2H]c1nncc2cc[nH]c12. The van der Waals surface area contributed by atoms with Gasteiger partial charge in [0.05, 0.1) is 19.3 Å². The highest BCUT2D eigenvalue weighted by atomic mass is 15.1. The van der Waals surface area contributed by atoms with E-state index in [4.69, 9.17) is 1.37 Å². The lowest BCUT2D eigenvalue weighted by molar-refractivity contribution is 1.05. The highest BCUT2D eigenvalue weighted by Crippen LogP contribution is 2.05. The fraction of sp³-hybridized carbons (Fsp3) is 0. The first-order chi connectivity index (χ1) is 4.88. The number of nitrogens with one attached hydrogen (secondary N) is 1. The van der Waals surface area contributed by atoms with Crippen molar-refractivity contribution in [2.24, 2.45) is 0 Å². The number of aromatic amines is 1. The molecule has 0 saturated heterocycles. The van der Waals surface area contributed by atoms with Crippen LogP contribution in [-0.2, 0) is 0 Å². The molecule has 2 heterocycles. The molecule has 0 bridgehead atoms. The van der Waals surface area contributed by atoms with Gasteiger partial charge in [0.25, 0.3) is 0 Å². The first-order valence-electron chi connectivity index (χ1n) is 3.13. The van der Waals surface area contributed by atoms with E-state index in [1.807, 2.05) is 6.07 Å². The van der Waals surface area contributed by atoms with Gasteiger partial charge in [0.15, 0.2) is 0 Å². The average Bonchev–Trinajstić information content (AvgIpc) is 2.36. The smallest absolute Gasteiger partial charge is 0.0883 e. The fourth-order valence-corrected chi connectivity index (χ4v) is 0.756. The van der Waals surface area contributed by atoms with Gasteiger partial charge in [0, 0.05) is 11.6 Å². The molecule has 0 aliphatic rings. The van der Waals surface area contributed by atoms with E-state index < -0.39 is 0 Å². The summed E-state index contributed by atoms with van der Waals surface area (Å²) in [6, 6.07) is 1.86. The Labute approximate surface area is 53.1 Å². The van der Waals surface area contributed by atoms with Crippen molar-refractivity contribution in [2.75, 3.05) is 0 Å². The summed E-state index contributed by atoms with van der Waals surface area (Å²) in [5.41, 5.74) is 0.745. The number of rotatable bonds is 0. The number of H-pyrrole nitrogens is 1. The van der Waals surface area contributed by atoms with E-state index in [0.717, 1.165) is 10.9 Å². The van der Waals surface area contributed by atoms with Gasteiger partial charge in [-0.05, 0) is 6.07 Å². The number of hydrogen-bond acceptors (Lipinski definition) is 2. The van der Waals surface area contributed by atoms with Crippen LogP contribution in [0.15, 0.2) is 24.6 Å². The van der Waals surface area contributed by atoms with Crippen LogP contribution in [-0.4, -0.2) is 15.2 Å². The van der Waals surface area contributed by atoms with Crippen LogP contribution in [0.25, 0.3) is 10.9 Å². The van der Waals surface area contributed by atoms with Crippen LogP contribution in [0.5, 0.6) is 0 Å². The van der Waals surface area contributed by atoms with E-state index in [9.17, 15) is 0 Å². The Balaban J connectivity index is 2.95. The maximum atomic E-state index is 7.28. The third-order valence-electron chi connectivity index (χ3n) is 1.20. The molecule has 0 atom stereocenters. The van der Waals surface area contributed by atoms with Crippen molar-refractivity contribution in [3.63, 3.8) is 0 Å². The van der Waals surface area contributed by atoms with Crippen molar-refractivity contribution in [2.45, 2.75) is 0 Å². The van der Waals surface area contributed by atoms with E-state index >= 15 is 0 Å². The molecule has 44 valence electrons. The van der Waals surface area contributed by atoms with Crippen LogP contribution in [0.3, 0.4) is 0 Å². The molecular formula is C6H5N3. The number of hydrogen-bond donors (Lipinski definition) is 1. The maximum Gasteiger partial charge on any atom is 0.0883 e. The second-order valence-corrected chi connectivity index (χ2v) is 1.76. The summed E-state index contributed by atoms with van der Waals surface area (Å²) in [5.74, 6) is 0. The highest BCUT2D eigenvalue weighted by Gasteiger charge is 1.88. The summed E-state index contributed by atoms with van der Waals surface area (Å²) in [5, 5.41) is 8.12. The lowest BCUT2D eigenvalue weighted by atomic mass is 10.4. The molecule has 0 spiro atoms. The van der Waals surface area contributed by atoms with Crippen molar-refractivity contribution in [1.82, 2.24) is 15.2 Å². The van der Waals surface area contributed by atoms with E-state index in [-0.39, 0.29) is 6.17 Å². The number of nitrogens with zero attached hydrogens (tertiary/aromatic N) is 2. The van der Waals surface area contributed by atoms with Gasteiger partial charge in [-0.1, -0.05) is 0 Å². The van der Waals surface area contributed by atoms with Crippen molar-refractivity contribution in [3.8, 4) is 0 Å². The summed E-state index contributed by atoms with van der Waals surface area (Å²) >= 11 is 0. The first kappa shape index (κ1) is 3.61. The molecule has 0 aliphatic carbocycles.